The predicted octanol–water partition coefficient (Wildman–Crippen LogP) is 3.13. The van der Waals surface area contributed by atoms with Crippen molar-refractivity contribution in [2.45, 2.75) is 62.6 Å². The number of hydrogen-bond donors (Lipinski definition) is 0. The van der Waals surface area contributed by atoms with Gasteiger partial charge in [0, 0.05) is 12.7 Å². The van der Waals surface area contributed by atoms with Crippen LogP contribution in [0.2, 0.25) is 0 Å². The van der Waals surface area contributed by atoms with Gasteiger partial charge in [-0.05, 0) is 51.8 Å². The minimum absolute atomic E-state index is 0.0240. The molecule has 148 valence electrons. The van der Waals surface area contributed by atoms with E-state index >= 15 is 0 Å². The molecule has 0 aliphatic carbocycles. The Hall–Kier alpha value is -1.93. The maximum atomic E-state index is 11.8. The molecule has 1 saturated heterocycles. The number of ether oxygens (including phenoxy) is 2. The third-order valence-electron chi connectivity index (χ3n) is 4.85. The summed E-state index contributed by atoms with van der Waals surface area (Å²) in [5.74, 6) is 1.45. The first-order valence-electron chi connectivity index (χ1n) is 8.81. The second-order valence-electron chi connectivity index (χ2n) is 8.20. The average molecular weight is 394 g/mol. The van der Waals surface area contributed by atoms with E-state index in [4.69, 9.17) is 14.0 Å². The van der Waals surface area contributed by atoms with Gasteiger partial charge in [-0.2, -0.15) is 4.98 Å². The zero-order valence-electron chi connectivity index (χ0n) is 16.6. The van der Waals surface area contributed by atoms with Crippen molar-refractivity contribution in [3.05, 3.63) is 35.5 Å². The maximum absolute atomic E-state index is 11.8. The van der Waals surface area contributed by atoms with Gasteiger partial charge in [0.25, 0.3) is 0 Å². The molecule has 27 heavy (non-hydrogen) atoms. The first-order valence-corrected chi connectivity index (χ1v) is 10.7. The van der Waals surface area contributed by atoms with E-state index in [2.05, 4.69) is 24.0 Å². The molecule has 7 nitrogen and oxygen atoms in total. The fourth-order valence-electron chi connectivity index (χ4n) is 3.74. The van der Waals surface area contributed by atoms with Gasteiger partial charge in [0.1, 0.15) is 10.6 Å². The van der Waals surface area contributed by atoms with Gasteiger partial charge in [-0.3, -0.25) is 0 Å². The summed E-state index contributed by atoms with van der Waals surface area (Å²) < 4.78 is 40.5. The highest BCUT2D eigenvalue weighted by molar-refractivity contribution is 7.90. The summed E-state index contributed by atoms with van der Waals surface area (Å²) in [6.07, 6.45) is 2.38. The van der Waals surface area contributed by atoms with Crippen LogP contribution in [0.5, 0.6) is 5.75 Å². The smallest absolute Gasteiger partial charge is 0.232 e. The summed E-state index contributed by atoms with van der Waals surface area (Å²) in [6, 6.07) is 4.97. The maximum Gasteiger partial charge on any atom is 0.232 e. The van der Waals surface area contributed by atoms with Gasteiger partial charge in [0.05, 0.1) is 24.2 Å². The van der Waals surface area contributed by atoms with Crippen LogP contribution >= 0.6 is 0 Å². The first-order chi connectivity index (χ1) is 12.4. The number of rotatable bonds is 5. The Morgan fingerprint density at radius 3 is 2.52 bits per heavy atom. The molecule has 0 N–H and O–H groups in total. The van der Waals surface area contributed by atoms with E-state index in [1.54, 1.807) is 18.2 Å². The van der Waals surface area contributed by atoms with Gasteiger partial charge in [-0.15, -0.1) is 0 Å². The minimum Gasteiger partial charge on any atom is -0.495 e. The second-order valence-corrected chi connectivity index (χ2v) is 10.2. The highest BCUT2D eigenvalue weighted by Crippen LogP contribution is 2.47. The number of benzene rings is 1. The summed E-state index contributed by atoms with van der Waals surface area (Å²) in [5, 5.41) is 4.10. The van der Waals surface area contributed by atoms with E-state index in [1.807, 2.05) is 13.8 Å². The van der Waals surface area contributed by atoms with Crippen LogP contribution in [0.15, 0.2) is 27.6 Å². The fraction of sp³-hybridized carbons (Fsp3) is 0.579. The lowest BCUT2D eigenvalue weighted by molar-refractivity contribution is -0.0696. The number of aromatic nitrogens is 2. The zero-order chi connectivity index (χ0) is 20.0. The SMILES string of the molecule is COc1cc(Cc2noc(C3CC(C)(C)OC3(C)C)n2)ccc1S(C)(=O)=O. The largest absolute Gasteiger partial charge is 0.495 e. The van der Waals surface area contributed by atoms with Crippen LogP contribution < -0.4 is 4.74 Å². The number of nitrogens with zero attached hydrogens (tertiary/aromatic N) is 2. The molecule has 1 aliphatic heterocycles. The summed E-state index contributed by atoms with van der Waals surface area (Å²) in [6.45, 7) is 8.18. The molecule has 0 bridgehead atoms. The molecule has 3 rings (SSSR count). The van der Waals surface area contributed by atoms with E-state index in [1.165, 1.54) is 7.11 Å². The van der Waals surface area contributed by atoms with E-state index < -0.39 is 9.84 Å². The van der Waals surface area contributed by atoms with Crippen molar-refractivity contribution in [2.75, 3.05) is 13.4 Å². The van der Waals surface area contributed by atoms with Crippen molar-refractivity contribution < 1.29 is 22.4 Å². The topological polar surface area (TPSA) is 91.5 Å². The molecule has 0 saturated carbocycles. The monoisotopic (exact) mass is 394 g/mol. The van der Waals surface area contributed by atoms with Crippen LogP contribution in [-0.4, -0.2) is 43.1 Å². The normalized spacial score (nSPS) is 21.3. The quantitative estimate of drug-likeness (QED) is 0.769. The highest BCUT2D eigenvalue weighted by Gasteiger charge is 2.49. The van der Waals surface area contributed by atoms with Crippen LogP contribution in [0, 0.1) is 0 Å². The molecular formula is C19H26N2O5S. The van der Waals surface area contributed by atoms with Gasteiger partial charge in [-0.25, -0.2) is 8.42 Å². The second kappa shape index (κ2) is 6.60. The summed E-state index contributed by atoms with van der Waals surface area (Å²) in [5.41, 5.74) is 0.222. The van der Waals surface area contributed by atoms with Gasteiger partial charge in [-0.1, -0.05) is 11.2 Å². The van der Waals surface area contributed by atoms with Gasteiger partial charge in [0.2, 0.25) is 5.89 Å². The summed E-state index contributed by atoms with van der Waals surface area (Å²) in [7, 11) is -1.91. The van der Waals surface area contributed by atoms with Crippen molar-refractivity contribution in [2.24, 2.45) is 0 Å². The van der Waals surface area contributed by atoms with E-state index in [9.17, 15) is 8.42 Å². The molecule has 1 aliphatic rings. The van der Waals surface area contributed by atoms with Gasteiger partial charge < -0.3 is 14.0 Å². The number of sulfone groups is 1. The van der Waals surface area contributed by atoms with Crippen LogP contribution in [0.25, 0.3) is 0 Å². The van der Waals surface area contributed by atoms with Crippen molar-refractivity contribution in [1.29, 1.82) is 0 Å². The van der Waals surface area contributed by atoms with Crippen molar-refractivity contribution >= 4 is 9.84 Å². The lowest BCUT2D eigenvalue weighted by Crippen LogP contribution is -2.28. The Morgan fingerprint density at radius 2 is 1.96 bits per heavy atom. The third kappa shape index (κ3) is 4.16. The molecule has 1 unspecified atom stereocenters. The molecule has 8 heteroatoms. The van der Waals surface area contributed by atoms with E-state index in [-0.39, 0.29) is 22.0 Å². The van der Waals surface area contributed by atoms with Crippen LogP contribution in [0.1, 0.15) is 57.3 Å². The molecular weight excluding hydrogens is 368 g/mol. The molecule has 1 atom stereocenters. The Labute approximate surface area is 160 Å². The van der Waals surface area contributed by atoms with Crippen LogP contribution in [0.3, 0.4) is 0 Å². The lowest BCUT2D eigenvalue weighted by Gasteiger charge is -2.25. The number of hydrogen-bond acceptors (Lipinski definition) is 7. The van der Waals surface area contributed by atoms with E-state index in [0.717, 1.165) is 18.2 Å². The fourth-order valence-corrected chi connectivity index (χ4v) is 4.56. The van der Waals surface area contributed by atoms with Crippen molar-refractivity contribution in [3.8, 4) is 5.75 Å². The predicted molar refractivity (Wildman–Crippen MR) is 99.8 cm³/mol. The molecule has 1 fully saturated rings. The van der Waals surface area contributed by atoms with Crippen molar-refractivity contribution in [3.63, 3.8) is 0 Å². The average Bonchev–Trinajstić information content (AvgIpc) is 3.06. The molecule has 1 aromatic carbocycles. The van der Waals surface area contributed by atoms with E-state index in [0.29, 0.717) is 23.9 Å². The minimum atomic E-state index is -3.35. The molecule has 0 radical (unpaired) electrons. The molecule has 2 aromatic rings. The Bertz CT molecular complexity index is 947. The standard InChI is InChI=1S/C19H26N2O5S/c1-18(2)11-13(19(3,4)26-18)17-20-16(21-25-17)10-12-7-8-15(27(6,22)23)14(9-12)24-5/h7-9,13H,10-11H2,1-6H3. The Balaban J connectivity index is 1.83. The van der Waals surface area contributed by atoms with Crippen molar-refractivity contribution in [1.82, 2.24) is 10.1 Å². The van der Waals surface area contributed by atoms with Crippen LogP contribution in [-0.2, 0) is 21.0 Å². The zero-order valence-corrected chi connectivity index (χ0v) is 17.4. The summed E-state index contributed by atoms with van der Waals surface area (Å²) >= 11 is 0. The first kappa shape index (κ1) is 19.8. The molecule has 0 spiro atoms. The molecule has 1 aromatic heterocycles. The number of methoxy groups -OCH3 is 1. The van der Waals surface area contributed by atoms with Gasteiger partial charge in [0.15, 0.2) is 15.7 Å². The highest BCUT2D eigenvalue weighted by atomic mass is 32.2. The lowest BCUT2D eigenvalue weighted by atomic mass is 9.87. The summed E-state index contributed by atoms with van der Waals surface area (Å²) in [4.78, 5) is 4.72. The van der Waals surface area contributed by atoms with Crippen LogP contribution in [0.4, 0.5) is 0 Å². The molecule has 2 heterocycles. The van der Waals surface area contributed by atoms with Gasteiger partial charge >= 0.3 is 0 Å². The Morgan fingerprint density at radius 1 is 1.26 bits per heavy atom. The Kier molecular flexibility index (Phi) is 4.84. The molecule has 0 amide bonds. The third-order valence-corrected chi connectivity index (χ3v) is 5.98.